The maximum Gasteiger partial charge on any atom is 0.437 e. The summed E-state index contributed by atoms with van der Waals surface area (Å²) in [6, 6.07) is 6.56. The molecule has 24 heavy (non-hydrogen) atoms. The van der Waals surface area contributed by atoms with Gasteiger partial charge in [0.05, 0.1) is 4.90 Å². The first-order chi connectivity index (χ1) is 11.1. The Hall–Kier alpha value is -1.48. The number of hydrogen-bond acceptors (Lipinski definition) is 4. The second-order valence-corrected chi connectivity index (χ2v) is 8.32. The summed E-state index contributed by atoms with van der Waals surface area (Å²) in [5.74, 6) is -0.230. The topological polar surface area (TPSA) is 62.1 Å². The second kappa shape index (κ2) is 5.80. The summed E-state index contributed by atoms with van der Waals surface area (Å²) in [7, 11) is -3.59. The normalized spacial score (nSPS) is 21.8. The van der Waals surface area contributed by atoms with E-state index in [1.807, 2.05) is 6.92 Å². The average Bonchev–Trinajstić information content (AvgIpc) is 3.29. The van der Waals surface area contributed by atoms with E-state index in [-0.39, 0.29) is 30.3 Å². The molecule has 0 spiro atoms. The fourth-order valence-electron chi connectivity index (χ4n) is 2.99. The Morgan fingerprint density at radius 1 is 1.17 bits per heavy atom. The van der Waals surface area contributed by atoms with Gasteiger partial charge in [0.2, 0.25) is 10.0 Å². The molecule has 0 amide bonds. The highest BCUT2D eigenvalue weighted by molar-refractivity contribution is 7.89. The van der Waals surface area contributed by atoms with Crippen LogP contribution in [0.5, 0.6) is 0 Å². The van der Waals surface area contributed by atoms with Crippen molar-refractivity contribution in [1.29, 1.82) is 0 Å². The Labute approximate surface area is 138 Å². The number of benzene rings is 1. The van der Waals surface area contributed by atoms with Gasteiger partial charge in [-0.25, -0.2) is 8.42 Å². The van der Waals surface area contributed by atoms with Crippen LogP contribution in [0.4, 0.5) is 13.2 Å². The van der Waals surface area contributed by atoms with Crippen LogP contribution in [0.3, 0.4) is 0 Å². The molecule has 0 saturated carbocycles. The number of rotatable bonds is 4. The van der Waals surface area contributed by atoms with Crippen molar-refractivity contribution in [2.75, 3.05) is 13.1 Å². The van der Waals surface area contributed by atoms with Gasteiger partial charge in [0, 0.05) is 19.5 Å². The quantitative estimate of drug-likeness (QED) is 0.824. The maximum absolute atomic E-state index is 12.9. The lowest BCUT2D eigenvalue weighted by Gasteiger charge is -2.32. The summed E-state index contributed by atoms with van der Waals surface area (Å²) in [5, 5.41) is 6.38. The standard InChI is InChI=1S/C15H18F3N3O2S/c1-11-2-4-13(5-3-11)24(22,23)21-8-6-12(7-9-21)10-14(19-20-14)15(16,17)18/h2-5,12H,6-10H2,1H3. The molecule has 1 fully saturated rings. The third kappa shape index (κ3) is 3.19. The van der Waals surface area contributed by atoms with E-state index in [1.54, 1.807) is 24.3 Å². The molecule has 0 aliphatic carbocycles. The minimum Gasteiger partial charge on any atom is -0.207 e. The van der Waals surface area contributed by atoms with Gasteiger partial charge in [-0.2, -0.15) is 17.5 Å². The smallest absolute Gasteiger partial charge is 0.207 e. The van der Waals surface area contributed by atoms with Crippen molar-refractivity contribution in [2.45, 2.75) is 42.9 Å². The summed E-state index contributed by atoms with van der Waals surface area (Å²) < 4.78 is 65.1. The van der Waals surface area contributed by atoms with Crippen LogP contribution in [0, 0.1) is 12.8 Å². The van der Waals surface area contributed by atoms with E-state index >= 15 is 0 Å². The molecular weight excluding hydrogens is 343 g/mol. The van der Waals surface area contributed by atoms with Crippen LogP contribution in [0.1, 0.15) is 24.8 Å². The first kappa shape index (κ1) is 17.3. The van der Waals surface area contributed by atoms with Crippen molar-refractivity contribution in [3.8, 4) is 0 Å². The van der Waals surface area contributed by atoms with E-state index in [1.165, 1.54) is 4.31 Å². The zero-order valence-corrected chi connectivity index (χ0v) is 13.9. The third-order valence-electron chi connectivity index (χ3n) is 4.60. The second-order valence-electron chi connectivity index (χ2n) is 6.38. The lowest BCUT2D eigenvalue weighted by molar-refractivity contribution is -0.168. The highest BCUT2D eigenvalue weighted by atomic mass is 32.2. The lowest BCUT2D eigenvalue weighted by Crippen LogP contribution is -2.41. The Bertz CT molecular complexity index is 730. The summed E-state index contributed by atoms with van der Waals surface area (Å²) in [6.45, 7) is 2.30. The SMILES string of the molecule is Cc1ccc(S(=O)(=O)N2CCC(CC3(C(F)(F)F)N=N3)CC2)cc1. The maximum atomic E-state index is 12.9. The Morgan fingerprint density at radius 2 is 1.71 bits per heavy atom. The summed E-state index contributed by atoms with van der Waals surface area (Å²) in [5.41, 5.74) is -1.28. The lowest BCUT2D eigenvalue weighted by atomic mass is 9.89. The molecule has 0 N–H and O–H groups in total. The number of alkyl halides is 3. The number of halogens is 3. The molecule has 0 bridgehead atoms. The van der Waals surface area contributed by atoms with Crippen LogP contribution in [-0.4, -0.2) is 37.7 Å². The van der Waals surface area contributed by atoms with Gasteiger partial charge >= 0.3 is 6.18 Å². The molecule has 132 valence electrons. The van der Waals surface area contributed by atoms with E-state index in [0.717, 1.165) is 5.56 Å². The minimum absolute atomic E-state index is 0.186. The van der Waals surface area contributed by atoms with E-state index in [9.17, 15) is 21.6 Å². The van der Waals surface area contributed by atoms with Gasteiger partial charge in [0.15, 0.2) is 0 Å². The summed E-state index contributed by atoms with van der Waals surface area (Å²) >= 11 is 0. The summed E-state index contributed by atoms with van der Waals surface area (Å²) in [6.07, 6.45) is -3.88. The fourth-order valence-corrected chi connectivity index (χ4v) is 4.46. The van der Waals surface area contributed by atoms with Gasteiger partial charge in [0.25, 0.3) is 5.66 Å². The minimum atomic E-state index is -4.46. The van der Waals surface area contributed by atoms with Gasteiger partial charge in [-0.1, -0.05) is 17.7 Å². The van der Waals surface area contributed by atoms with Crippen LogP contribution in [0.25, 0.3) is 0 Å². The predicted octanol–water partition coefficient (Wildman–Crippen LogP) is 3.51. The monoisotopic (exact) mass is 361 g/mol. The molecular formula is C15H18F3N3O2S. The largest absolute Gasteiger partial charge is 0.437 e. The van der Waals surface area contributed by atoms with Crippen molar-refractivity contribution < 1.29 is 21.6 Å². The molecule has 2 aliphatic heterocycles. The van der Waals surface area contributed by atoms with E-state index in [0.29, 0.717) is 12.8 Å². The molecule has 0 aromatic heterocycles. The van der Waals surface area contributed by atoms with E-state index in [2.05, 4.69) is 10.2 Å². The van der Waals surface area contributed by atoms with Crippen molar-refractivity contribution in [3.05, 3.63) is 29.8 Å². The molecule has 5 nitrogen and oxygen atoms in total. The zero-order valence-electron chi connectivity index (χ0n) is 13.1. The molecule has 1 saturated heterocycles. The number of aryl methyl sites for hydroxylation is 1. The van der Waals surface area contributed by atoms with Crippen LogP contribution in [0.2, 0.25) is 0 Å². The van der Waals surface area contributed by atoms with Gasteiger partial charge in [0.1, 0.15) is 0 Å². The Balaban J connectivity index is 1.62. The first-order valence-electron chi connectivity index (χ1n) is 7.72. The Morgan fingerprint density at radius 3 is 2.17 bits per heavy atom. The summed E-state index contributed by atoms with van der Waals surface area (Å²) in [4.78, 5) is 0.213. The third-order valence-corrected chi connectivity index (χ3v) is 6.51. The molecule has 0 atom stereocenters. The molecule has 0 unspecified atom stereocenters. The molecule has 3 rings (SSSR count). The number of hydrogen-bond donors (Lipinski definition) is 0. The number of piperidine rings is 1. The molecule has 2 heterocycles. The Kier molecular flexibility index (Phi) is 4.19. The highest BCUT2D eigenvalue weighted by Crippen LogP contribution is 2.49. The molecule has 2 aliphatic rings. The van der Waals surface area contributed by atoms with Crippen LogP contribution in [0.15, 0.2) is 39.4 Å². The predicted molar refractivity (Wildman–Crippen MR) is 80.9 cm³/mol. The first-order valence-corrected chi connectivity index (χ1v) is 9.16. The van der Waals surface area contributed by atoms with Crippen LogP contribution < -0.4 is 0 Å². The molecule has 0 radical (unpaired) electrons. The van der Waals surface area contributed by atoms with Crippen molar-refractivity contribution >= 4 is 10.0 Å². The van der Waals surface area contributed by atoms with Gasteiger partial charge in [-0.05, 0) is 37.8 Å². The van der Waals surface area contributed by atoms with Crippen molar-refractivity contribution in [3.63, 3.8) is 0 Å². The van der Waals surface area contributed by atoms with E-state index in [4.69, 9.17) is 0 Å². The molecule has 1 aromatic carbocycles. The molecule has 1 aromatic rings. The number of nitrogens with zero attached hydrogens (tertiary/aromatic N) is 3. The number of sulfonamides is 1. The van der Waals surface area contributed by atoms with Gasteiger partial charge in [-0.3, -0.25) is 0 Å². The van der Waals surface area contributed by atoms with Crippen LogP contribution >= 0.6 is 0 Å². The molecule has 9 heteroatoms. The highest BCUT2D eigenvalue weighted by Gasteiger charge is 2.64. The zero-order chi connectivity index (χ0) is 17.6. The fraction of sp³-hybridized carbons (Fsp3) is 0.600. The average molecular weight is 361 g/mol. The van der Waals surface area contributed by atoms with Crippen molar-refractivity contribution in [2.24, 2.45) is 16.1 Å². The van der Waals surface area contributed by atoms with Gasteiger partial charge in [-0.15, -0.1) is 10.2 Å². The van der Waals surface area contributed by atoms with E-state index < -0.39 is 21.9 Å². The van der Waals surface area contributed by atoms with Gasteiger partial charge < -0.3 is 0 Å². The van der Waals surface area contributed by atoms with Crippen molar-refractivity contribution in [1.82, 2.24) is 4.31 Å². The van der Waals surface area contributed by atoms with Crippen LogP contribution in [-0.2, 0) is 10.0 Å².